The molecule has 3 N–H and O–H groups in total. The van der Waals surface area contributed by atoms with Gasteiger partial charge in [0.15, 0.2) is 0 Å². The Kier molecular flexibility index (Phi) is 3.70. The molecule has 2 nitrogen and oxygen atoms in total. The van der Waals surface area contributed by atoms with Crippen molar-refractivity contribution in [2.45, 2.75) is 45.1 Å². The maximum atomic E-state index is 5.78. The second-order valence-electron chi connectivity index (χ2n) is 4.91. The van der Waals surface area contributed by atoms with Gasteiger partial charge in [0.05, 0.1) is 0 Å². The molecule has 2 atom stereocenters. The molecule has 88 valence electrons. The van der Waals surface area contributed by atoms with E-state index in [1.165, 1.54) is 37.8 Å². The van der Waals surface area contributed by atoms with E-state index in [0.29, 0.717) is 6.04 Å². The van der Waals surface area contributed by atoms with Crippen molar-refractivity contribution in [1.82, 2.24) is 0 Å². The van der Waals surface area contributed by atoms with Gasteiger partial charge in [-0.1, -0.05) is 32.3 Å². The van der Waals surface area contributed by atoms with Gasteiger partial charge in [0, 0.05) is 17.4 Å². The van der Waals surface area contributed by atoms with E-state index in [4.69, 9.17) is 5.73 Å². The molecule has 1 aromatic carbocycles. The molecule has 1 aromatic rings. The minimum absolute atomic E-state index is 0.639. The Hall–Kier alpha value is -1.18. The lowest BCUT2D eigenvalue weighted by Crippen LogP contribution is -2.27. The first kappa shape index (κ1) is 11.3. The maximum Gasteiger partial charge on any atom is 0.0362 e. The molecular formula is C14H22N2. The van der Waals surface area contributed by atoms with Crippen LogP contribution in [0.25, 0.3) is 0 Å². The Morgan fingerprint density at radius 1 is 1.38 bits per heavy atom. The maximum absolute atomic E-state index is 5.78. The van der Waals surface area contributed by atoms with Crippen LogP contribution in [0, 0.1) is 5.92 Å². The predicted octanol–water partition coefficient (Wildman–Crippen LogP) is 3.65. The van der Waals surface area contributed by atoms with Gasteiger partial charge in [0.1, 0.15) is 0 Å². The summed E-state index contributed by atoms with van der Waals surface area (Å²) in [5.41, 5.74) is 7.79. The number of nitrogen functional groups attached to an aromatic ring is 1. The van der Waals surface area contributed by atoms with Gasteiger partial charge < -0.3 is 11.1 Å². The highest BCUT2D eigenvalue weighted by molar-refractivity contribution is 5.54. The van der Waals surface area contributed by atoms with Crippen LogP contribution in [-0.4, -0.2) is 6.04 Å². The average molecular weight is 218 g/mol. The fourth-order valence-corrected chi connectivity index (χ4v) is 2.66. The summed E-state index contributed by atoms with van der Waals surface area (Å²) in [5.74, 6) is 0.910. The van der Waals surface area contributed by atoms with Gasteiger partial charge in [-0.3, -0.25) is 0 Å². The third-order valence-electron chi connectivity index (χ3n) is 3.62. The number of rotatable bonds is 3. The molecular weight excluding hydrogens is 196 g/mol. The number of hydrogen-bond donors (Lipinski definition) is 2. The summed E-state index contributed by atoms with van der Waals surface area (Å²) >= 11 is 0. The summed E-state index contributed by atoms with van der Waals surface area (Å²) in [5, 5.41) is 3.61. The lowest BCUT2D eigenvalue weighted by Gasteiger charge is -2.29. The fraction of sp³-hybridized carbons (Fsp3) is 0.571. The summed E-state index contributed by atoms with van der Waals surface area (Å²) in [6.07, 6.45) is 6.69. The second kappa shape index (κ2) is 5.24. The largest absolute Gasteiger partial charge is 0.399 e. The summed E-state index contributed by atoms with van der Waals surface area (Å²) in [7, 11) is 0. The van der Waals surface area contributed by atoms with Crippen LogP contribution in [0.5, 0.6) is 0 Å². The third kappa shape index (κ3) is 2.91. The monoisotopic (exact) mass is 218 g/mol. The molecule has 0 spiro atoms. The van der Waals surface area contributed by atoms with E-state index in [2.05, 4.69) is 18.3 Å². The zero-order valence-corrected chi connectivity index (χ0v) is 10.1. The standard InChI is InChI=1S/C14H22N2/c1-2-11-5-3-7-13(9-11)16-14-8-4-6-12(15)10-14/h4,6,8,10-11,13,16H,2-3,5,7,9,15H2,1H3. The molecule has 2 heteroatoms. The zero-order chi connectivity index (χ0) is 11.4. The zero-order valence-electron chi connectivity index (χ0n) is 10.1. The lowest BCUT2D eigenvalue weighted by atomic mass is 9.84. The Labute approximate surface area is 98.2 Å². The van der Waals surface area contributed by atoms with Crippen LogP contribution in [-0.2, 0) is 0 Å². The van der Waals surface area contributed by atoms with Gasteiger partial charge in [-0.05, 0) is 37.0 Å². The van der Waals surface area contributed by atoms with Crippen molar-refractivity contribution in [3.63, 3.8) is 0 Å². The van der Waals surface area contributed by atoms with E-state index in [-0.39, 0.29) is 0 Å². The Bertz CT molecular complexity index is 335. The van der Waals surface area contributed by atoms with Gasteiger partial charge in [-0.2, -0.15) is 0 Å². The number of benzene rings is 1. The average Bonchev–Trinajstić information content (AvgIpc) is 2.29. The van der Waals surface area contributed by atoms with E-state index in [9.17, 15) is 0 Å². The molecule has 1 aliphatic carbocycles. The summed E-state index contributed by atoms with van der Waals surface area (Å²) in [6, 6.07) is 8.71. The molecule has 1 fully saturated rings. The topological polar surface area (TPSA) is 38.0 Å². The normalized spacial score (nSPS) is 25.3. The molecule has 0 aliphatic heterocycles. The van der Waals surface area contributed by atoms with Crippen molar-refractivity contribution in [3.8, 4) is 0 Å². The quantitative estimate of drug-likeness (QED) is 0.760. The minimum atomic E-state index is 0.639. The highest BCUT2D eigenvalue weighted by atomic mass is 14.9. The highest BCUT2D eigenvalue weighted by Gasteiger charge is 2.20. The predicted molar refractivity (Wildman–Crippen MR) is 70.5 cm³/mol. The molecule has 2 rings (SSSR count). The molecule has 1 aliphatic rings. The first-order valence-electron chi connectivity index (χ1n) is 6.40. The van der Waals surface area contributed by atoms with Crippen LogP contribution < -0.4 is 11.1 Å². The van der Waals surface area contributed by atoms with Gasteiger partial charge >= 0.3 is 0 Å². The first-order chi connectivity index (χ1) is 7.78. The first-order valence-corrected chi connectivity index (χ1v) is 6.40. The van der Waals surface area contributed by atoms with Gasteiger partial charge in [0.2, 0.25) is 0 Å². The summed E-state index contributed by atoms with van der Waals surface area (Å²) in [6.45, 7) is 2.30. The third-order valence-corrected chi connectivity index (χ3v) is 3.62. The van der Waals surface area contributed by atoms with Crippen molar-refractivity contribution < 1.29 is 0 Å². The van der Waals surface area contributed by atoms with Gasteiger partial charge in [0.25, 0.3) is 0 Å². The molecule has 0 bridgehead atoms. The Balaban J connectivity index is 1.94. The molecule has 0 aromatic heterocycles. The van der Waals surface area contributed by atoms with Gasteiger partial charge in [-0.25, -0.2) is 0 Å². The van der Waals surface area contributed by atoms with Crippen molar-refractivity contribution in [2.24, 2.45) is 5.92 Å². The summed E-state index contributed by atoms with van der Waals surface area (Å²) in [4.78, 5) is 0. The molecule has 0 heterocycles. The number of nitrogens with two attached hydrogens (primary N) is 1. The second-order valence-corrected chi connectivity index (χ2v) is 4.91. The number of hydrogen-bond acceptors (Lipinski definition) is 2. The minimum Gasteiger partial charge on any atom is -0.399 e. The van der Waals surface area contributed by atoms with E-state index < -0.39 is 0 Å². The van der Waals surface area contributed by atoms with E-state index in [0.717, 1.165) is 11.6 Å². The van der Waals surface area contributed by atoms with Crippen LogP contribution in [0.3, 0.4) is 0 Å². The molecule has 2 unspecified atom stereocenters. The van der Waals surface area contributed by atoms with Crippen LogP contribution in [0.2, 0.25) is 0 Å². The van der Waals surface area contributed by atoms with Gasteiger partial charge in [-0.15, -0.1) is 0 Å². The molecule has 0 amide bonds. The van der Waals surface area contributed by atoms with Crippen molar-refractivity contribution in [3.05, 3.63) is 24.3 Å². The Morgan fingerprint density at radius 3 is 3.00 bits per heavy atom. The van der Waals surface area contributed by atoms with E-state index in [1.54, 1.807) is 0 Å². The molecule has 0 radical (unpaired) electrons. The van der Waals surface area contributed by atoms with E-state index in [1.807, 2.05) is 18.2 Å². The highest BCUT2D eigenvalue weighted by Crippen LogP contribution is 2.28. The Morgan fingerprint density at radius 2 is 2.25 bits per heavy atom. The smallest absolute Gasteiger partial charge is 0.0362 e. The SMILES string of the molecule is CCC1CCCC(Nc2cccc(N)c2)C1. The van der Waals surface area contributed by atoms with Crippen molar-refractivity contribution in [2.75, 3.05) is 11.1 Å². The molecule has 1 saturated carbocycles. The van der Waals surface area contributed by atoms with Crippen LogP contribution in [0.1, 0.15) is 39.0 Å². The number of anilines is 2. The van der Waals surface area contributed by atoms with Crippen LogP contribution in [0.4, 0.5) is 11.4 Å². The van der Waals surface area contributed by atoms with Crippen LogP contribution >= 0.6 is 0 Å². The lowest BCUT2D eigenvalue weighted by molar-refractivity contribution is 0.327. The molecule has 16 heavy (non-hydrogen) atoms. The van der Waals surface area contributed by atoms with Crippen LogP contribution in [0.15, 0.2) is 24.3 Å². The van der Waals surface area contributed by atoms with Crippen molar-refractivity contribution >= 4 is 11.4 Å². The number of nitrogens with one attached hydrogen (secondary N) is 1. The summed E-state index contributed by atoms with van der Waals surface area (Å²) < 4.78 is 0. The molecule has 0 saturated heterocycles. The van der Waals surface area contributed by atoms with E-state index >= 15 is 0 Å². The fourth-order valence-electron chi connectivity index (χ4n) is 2.66. The van der Waals surface area contributed by atoms with Crippen molar-refractivity contribution in [1.29, 1.82) is 0 Å².